The van der Waals surface area contributed by atoms with Gasteiger partial charge in [0.05, 0.1) is 17.7 Å². The van der Waals surface area contributed by atoms with Crippen molar-refractivity contribution in [1.82, 2.24) is 16.0 Å². The van der Waals surface area contributed by atoms with Crippen molar-refractivity contribution >= 4 is 30.1 Å². The second kappa shape index (κ2) is 18.1. The first-order valence-corrected chi connectivity index (χ1v) is 15.5. The van der Waals surface area contributed by atoms with Crippen molar-refractivity contribution in [3.8, 4) is 0 Å². The summed E-state index contributed by atoms with van der Waals surface area (Å²) in [5.74, 6) is 2.93. The Bertz CT molecular complexity index is 1020. The molecule has 244 valence electrons. The fraction of sp³-hybridized carbons (Fsp3) is 0.690. The summed E-state index contributed by atoms with van der Waals surface area (Å²) in [6, 6.07) is 6.86. The lowest BCUT2D eigenvalue weighted by Gasteiger charge is -2.26. The van der Waals surface area contributed by atoms with Crippen LogP contribution in [-0.2, 0) is 20.0 Å². The van der Waals surface area contributed by atoms with Gasteiger partial charge in [-0.05, 0) is 39.5 Å². The molecular weight excluding hydrogens is 585 g/mol. The van der Waals surface area contributed by atoms with Crippen molar-refractivity contribution in [2.24, 2.45) is 21.9 Å². The zero-order chi connectivity index (χ0) is 32.7. The molecule has 0 radical (unpaired) electrons. The molecule has 0 bridgehead atoms. The smallest absolute Gasteiger partial charge is 0.374 e. The second-order valence-electron chi connectivity index (χ2n) is 11.4. The molecule has 2 unspecified atom stereocenters. The number of fused-ring (bicyclic) bond motifs is 1. The van der Waals surface area contributed by atoms with Crippen LogP contribution >= 0.6 is 11.8 Å². The van der Waals surface area contributed by atoms with Crippen LogP contribution in [0.3, 0.4) is 0 Å². The molecule has 2 atom stereocenters. The molecule has 14 heteroatoms. The molecule has 0 spiro atoms. The minimum atomic E-state index is -4.43. The summed E-state index contributed by atoms with van der Waals surface area (Å²) in [4.78, 5) is 30.7. The molecule has 2 fully saturated rings. The molecule has 5 N–H and O–H groups in total. The third kappa shape index (κ3) is 14.0. The van der Waals surface area contributed by atoms with E-state index in [2.05, 4.69) is 52.7 Å². The van der Waals surface area contributed by atoms with Crippen LogP contribution in [0.4, 0.5) is 18.0 Å². The Labute approximate surface area is 256 Å². The molecule has 0 aromatic heterocycles. The summed E-state index contributed by atoms with van der Waals surface area (Å²) >= 11 is 1.89. The standard InChI is InChI=1S/C14H29NO2.C9H7F3N2.C5H8N2OS.CH3NO/c1-6-7-8-13(16)15-11-14(4,5)17-10-9-12(2)3;1-6-2-4-7(5-3-6)8(13-14-8)9(10,11)12;8-5-6-3-1-9-2-4(3)7-5;2-1-3/h12H,6-11H2,1-5H3,(H,15,16);2-5H,1H3;3-4H,1-2H2,(H2,6,7,8);1H,(H2,2,3). The molecule has 10 nitrogen and oxygen atoms in total. The first-order valence-electron chi connectivity index (χ1n) is 14.4. The number of hydrogen-bond donors (Lipinski definition) is 4. The van der Waals surface area contributed by atoms with Gasteiger partial charge < -0.3 is 26.4 Å². The number of carbonyl (C=O) groups is 3. The van der Waals surface area contributed by atoms with E-state index in [1.54, 1.807) is 12.1 Å². The highest BCUT2D eigenvalue weighted by Gasteiger charge is 2.65. The molecule has 0 saturated carbocycles. The number of urea groups is 1. The Hall–Kier alpha value is -2.87. The lowest BCUT2D eigenvalue weighted by atomic mass is 10.0. The van der Waals surface area contributed by atoms with Crippen LogP contribution in [0.5, 0.6) is 0 Å². The van der Waals surface area contributed by atoms with Gasteiger partial charge >= 0.3 is 17.9 Å². The topological polar surface area (TPSA) is 147 Å². The normalized spacial score (nSPS) is 19.3. The number of unbranched alkanes of at least 4 members (excludes halogenated alkanes) is 1. The van der Waals surface area contributed by atoms with Gasteiger partial charge in [-0.1, -0.05) is 57.0 Å². The van der Waals surface area contributed by atoms with Gasteiger partial charge in [0, 0.05) is 36.6 Å². The van der Waals surface area contributed by atoms with Crippen molar-refractivity contribution in [2.75, 3.05) is 24.7 Å². The van der Waals surface area contributed by atoms with Crippen LogP contribution in [-0.4, -0.2) is 66.9 Å². The predicted molar refractivity (Wildman–Crippen MR) is 163 cm³/mol. The van der Waals surface area contributed by atoms with Gasteiger partial charge in [-0.3, -0.25) is 9.59 Å². The van der Waals surface area contributed by atoms with Crippen LogP contribution in [0.1, 0.15) is 71.4 Å². The number of amides is 4. The first-order chi connectivity index (χ1) is 20.1. The van der Waals surface area contributed by atoms with Gasteiger partial charge in [0.2, 0.25) is 12.3 Å². The first kappa shape index (κ1) is 38.2. The molecule has 0 aliphatic carbocycles. The highest BCUT2D eigenvalue weighted by atomic mass is 32.2. The monoisotopic (exact) mass is 632 g/mol. The second-order valence-corrected chi connectivity index (χ2v) is 12.5. The van der Waals surface area contributed by atoms with E-state index in [9.17, 15) is 22.8 Å². The van der Waals surface area contributed by atoms with E-state index in [0.717, 1.165) is 42.9 Å². The van der Waals surface area contributed by atoms with Crippen LogP contribution < -0.4 is 21.7 Å². The van der Waals surface area contributed by atoms with Crippen LogP contribution in [0, 0.1) is 12.8 Å². The Morgan fingerprint density at radius 1 is 1.19 bits per heavy atom. The number of nitrogens with one attached hydrogen (secondary N) is 3. The predicted octanol–water partition coefficient (Wildman–Crippen LogP) is 5.19. The quantitative estimate of drug-likeness (QED) is 0.207. The van der Waals surface area contributed by atoms with E-state index in [1.807, 2.05) is 32.5 Å². The molecule has 1 aromatic rings. The van der Waals surface area contributed by atoms with Gasteiger partial charge in [-0.15, -0.1) is 10.2 Å². The summed E-state index contributed by atoms with van der Waals surface area (Å²) in [5.41, 5.74) is 2.61. The number of rotatable bonds is 10. The molecule has 4 rings (SSSR count). The summed E-state index contributed by atoms with van der Waals surface area (Å²) in [6.45, 7) is 13.7. The summed E-state index contributed by atoms with van der Waals surface area (Å²) in [6.07, 6.45) is -0.476. The Morgan fingerprint density at radius 2 is 1.72 bits per heavy atom. The average Bonchev–Trinajstić information content (AvgIpc) is 3.52. The number of benzene rings is 1. The fourth-order valence-corrected chi connectivity index (χ4v) is 5.08. The van der Waals surface area contributed by atoms with Gasteiger partial charge in [0.25, 0.3) is 0 Å². The molecular formula is C29H47F3N6O4S. The third-order valence-electron chi connectivity index (χ3n) is 6.52. The number of primary amides is 1. The number of carbonyl (C=O) groups excluding carboxylic acids is 3. The maximum Gasteiger partial charge on any atom is 0.442 e. The highest BCUT2D eigenvalue weighted by Crippen LogP contribution is 2.52. The largest absolute Gasteiger partial charge is 0.442 e. The fourth-order valence-electron chi connectivity index (χ4n) is 3.80. The van der Waals surface area contributed by atoms with Gasteiger partial charge in [0.1, 0.15) is 0 Å². The third-order valence-corrected chi connectivity index (χ3v) is 7.71. The molecule has 3 aliphatic rings. The van der Waals surface area contributed by atoms with Crippen molar-refractivity contribution in [3.05, 3.63) is 35.4 Å². The van der Waals surface area contributed by atoms with Crippen LogP contribution in [0.15, 0.2) is 34.5 Å². The number of nitrogens with two attached hydrogens (primary N) is 1. The number of hydrogen-bond acceptors (Lipinski definition) is 7. The Kier molecular flexibility index (Phi) is 16.0. The molecule has 1 aromatic carbocycles. The Balaban J connectivity index is 0.000000317. The molecule has 2 saturated heterocycles. The van der Waals surface area contributed by atoms with Gasteiger partial charge in [-0.25, -0.2) is 4.79 Å². The van der Waals surface area contributed by atoms with Crippen LogP contribution in [0.2, 0.25) is 0 Å². The van der Waals surface area contributed by atoms with Crippen molar-refractivity contribution < 1.29 is 32.3 Å². The van der Waals surface area contributed by atoms with Crippen molar-refractivity contribution in [2.45, 2.75) is 96.7 Å². The number of thioether (sulfide) groups is 1. The number of halogens is 3. The zero-order valence-electron chi connectivity index (χ0n) is 25.9. The van der Waals surface area contributed by atoms with E-state index < -0.39 is 11.8 Å². The molecule has 43 heavy (non-hydrogen) atoms. The number of alkyl halides is 3. The SMILES string of the molecule is CCCCC(=O)NCC(C)(C)OCCC(C)C.Cc1ccc(C2(C(F)(F)F)N=N2)cc1.NC=O.O=C1NC2CSCC2N1. The summed E-state index contributed by atoms with van der Waals surface area (Å²) < 4.78 is 43.3. The number of aryl methyl sites for hydroxylation is 1. The van der Waals surface area contributed by atoms with E-state index in [0.29, 0.717) is 31.0 Å². The van der Waals surface area contributed by atoms with E-state index in [-0.39, 0.29) is 29.5 Å². The molecule has 4 amide bonds. The lowest BCUT2D eigenvalue weighted by Crippen LogP contribution is -2.40. The maximum absolute atomic E-state index is 12.5. The maximum atomic E-state index is 12.5. The van der Waals surface area contributed by atoms with E-state index in [4.69, 9.17) is 9.53 Å². The summed E-state index contributed by atoms with van der Waals surface area (Å²) in [7, 11) is 0. The number of ether oxygens (including phenoxy) is 1. The minimum absolute atomic E-state index is 0.00491. The molecule has 3 aliphatic heterocycles. The van der Waals surface area contributed by atoms with E-state index >= 15 is 0 Å². The summed E-state index contributed by atoms with van der Waals surface area (Å²) in [5, 5.41) is 14.8. The van der Waals surface area contributed by atoms with E-state index in [1.165, 1.54) is 12.1 Å². The molecule has 3 heterocycles. The zero-order valence-corrected chi connectivity index (χ0v) is 26.7. The van der Waals surface area contributed by atoms with Crippen LogP contribution in [0.25, 0.3) is 0 Å². The minimum Gasteiger partial charge on any atom is -0.374 e. The number of nitrogens with zero attached hydrogens (tertiary/aromatic N) is 2. The van der Waals surface area contributed by atoms with Gasteiger partial charge in [0.15, 0.2) is 0 Å². The van der Waals surface area contributed by atoms with Gasteiger partial charge in [-0.2, -0.15) is 24.9 Å². The average molecular weight is 633 g/mol. The Morgan fingerprint density at radius 3 is 2.16 bits per heavy atom. The lowest BCUT2D eigenvalue weighted by molar-refractivity contribution is -0.166. The van der Waals surface area contributed by atoms with Crippen molar-refractivity contribution in [3.63, 3.8) is 0 Å². The van der Waals surface area contributed by atoms with Crippen molar-refractivity contribution in [1.29, 1.82) is 0 Å². The highest BCUT2D eigenvalue weighted by molar-refractivity contribution is 7.99.